The van der Waals surface area contributed by atoms with Gasteiger partial charge in [-0.2, -0.15) is 0 Å². The first-order chi connectivity index (χ1) is 9.82. The number of aromatic nitrogens is 2. The quantitative estimate of drug-likeness (QED) is 0.919. The minimum absolute atomic E-state index is 0.244. The third-order valence-electron chi connectivity index (χ3n) is 3.87. The van der Waals surface area contributed by atoms with Gasteiger partial charge in [0.05, 0.1) is 16.6 Å². The van der Waals surface area contributed by atoms with Crippen LogP contribution in [-0.4, -0.2) is 45.7 Å². The molecule has 1 unspecified atom stereocenters. The predicted molar refractivity (Wildman–Crippen MR) is 83.9 cm³/mol. The monoisotopic (exact) mass is 289 g/mol. The maximum atomic E-state index is 11.5. The van der Waals surface area contributed by atoms with Crippen LogP contribution in [0.25, 0.3) is 11.0 Å². The van der Waals surface area contributed by atoms with Gasteiger partial charge in [0, 0.05) is 18.5 Å². The fraction of sp³-hybridized carbons (Fsp3) is 0.500. The Morgan fingerprint density at radius 2 is 2.00 bits per heavy atom. The Labute approximate surface area is 125 Å². The third kappa shape index (κ3) is 2.93. The molecule has 0 amide bonds. The van der Waals surface area contributed by atoms with Gasteiger partial charge in [-0.25, -0.2) is 9.78 Å². The number of fused-ring (bicyclic) bond motifs is 1. The van der Waals surface area contributed by atoms with Crippen molar-refractivity contribution < 1.29 is 9.90 Å². The molecule has 0 radical (unpaired) electrons. The highest BCUT2D eigenvalue weighted by atomic mass is 16.4. The topological polar surface area (TPSA) is 58.4 Å². The van der Waals surface area contributed by atoms with Crippen molar-refractivity contribution in [3.8, 4) is 0 Å². The zero-order chi connectivity index (χ0) is 15.7. The number of hydrogen-bond donors (Lipinski definition) is 1. The van der Waals surface area contributed by atoms with Crippen molar-refractivity contribution in [3.05, 3.63) is 29.6 Å². The van der Waals surface area contributed by atoms with E-state index in [1.54, 1.807) is 12.1 Å². The second kappa shape index (κ2) is 5.85. The number of likely N-dealkylation sites (N-methyl/N-ethyl adjacent to an activating group) is 1. The van der Waals surface area contributed by atoms with Gasteiger partial charge in [0.25, 0.3) is 0 Å². The molecule has 0 aliphatic carbocycles. The minimum atomic E-state index is -0.908. The summed E-state index contributed by atoms with van der Waals surface area (Å²) in [6.45, 7) is 7.01. The number of carboxylic acid groups (broad SMARTS) is 1. The van der Waals surface area contributed by atoms with E-state index in [9.17, 15) is 9.90 Å². The molecule has 0 aliphatic rings. The van der Waals surface area contributed by atoms with Gasteiger partial charge in [-0.1, -0.05) is 19.9 Å². The van der Waals surface area contributed by atoms with Crippen LogP contribution in [0.1, 0.15) is 42.9 Å². The number of aromatic carboxylic acids is 1. The van der Waals surface area contributed by atoms with Crippen molar-refractivity contribution in [2.45, 2.75) is 39.3 Å². The van der Waals surface area contributed by atoms with E-state index in [1.807, 2.05) is 20.2 Å². The van der Waals surface area contributed by atoms with Crippen LogP contribution in [0, 0.1) is 0 Å². The van der Waals surface area contributed by atoms with Gasteiger partial charge < -0.3 is 14.6 Å². The van der Waals surface area contributed by atoms with Gasteiger partial charge in [0.2, 0.25) is 0 Å². The molecule has 5 heteroatoms. The number of imidazole rings is 1. The van der Waals surface area contributed by atoms with E-state index >= 15 is 0 Å². The molecule has 2 aromatic rings. The number of carboxylic acids is 1. The maximum absolute atomic E-state index is 11.5. The fourth-order valence-electron chi connectivity index (χ4n) is 2.43. The molecule has 0 spiro atoms. The highest BCUT2D eigenvalue weighted by molar-refractivity contribution is 6.01. The molecular formula is C16H23N3O2. The van der Waals surface area contributed by atoms with Crippen LogP contribution < -0.4 is 0 Å². The molecule has 114 valence electrons. The lowest BCUT2D eigenvalue weighted by molar-refractivity contribution is 0.0698. The van der Waals surface area contributed by atoms with Crippen LogP contribution in [-0.2, 0) is 6.54 Å². The van der Waals surface area contributed by atoms with Crippen LogP contribution in [0.4, 0.5) is 0 Å². The van der Waals surface area contributed by atoms with Crippen molar-refractivity contribution >= 4 is 17.0 Å². The number of carbonyl (C=O) groups is 1. The highest BCUT2D eigenvalue weighted by Gasteiger charge is 2.20. The van der Waals surface area contributed by atoms with E-state index in [0.717, 1.165) is 23.4 Å². The van der Waals surface area contributed by atoms with E-state index in [0.29, 0.717) is 11.6 Å². The Kier molecular flexibility index (Phi) is 4.32. The molecule has 1 heterocycles. The van der Waals surface area contributed by atoms with Crippen molar-refractivity contribution in [1.29, 1.82) is 0 Å². The molecule has 5 nitrogen and oxygen atoms in total. The molecule has 0 bridgehead atoms. The Hall–Kier alpha value is -1.88. The Morgan fingerprint density at radius 1 is 1.33 bits per heavy atom. The summed E-state index contributed by atoms with van der Waals surface area (Å²) >= 11 is 0. The second-order valence-electron chi connectivity index (χ2n) is 6.03. The molecule has 1 atom stereocenters. The molecule has 0 fully saturated rings. The maximum Gasteiger partial charge on any atom is 0.337 e. The Balaban J connectivity index is 2.68. The smallest absolute Gasteiger partial charge is 0.337 e. The van der Waals surface area contributed by atoms with Crippen molar-refractivity contribution in [2.24, 2.45) is 0 Å². The van der Waals surface area contributed by atoms with E-state index in [-0.39, 0.29) is 5.92 Å². The summed E-state index contributed by atoms with van der Waals surface area (Å²) in [5.41, 5.74) is 1.80. The van der Waals surface area contributed by atoms with Crippen molar-refractivity contribution in [3.63, 3.8) is 0 Å². The van der Waals surface area contributed by atoms with Gasteiger partial charge >= 0.3 is 5.97 Å². The van der Waals surface area contributed by atoms with Crippen molar-refractivity contribution in [2.75, 3.05) is 14.1 Å². The zero-order valence-electron chi connectivity index (χ0n) is 13.3. The van der Waals surface area contributed by atoms with Crippen LogP contribution >= 0.6 is 0 Å². The van der Waals surface area contributed by atoms with Crippen LogP contribution in [0.15, 0.2) is 18.2 Å². The normalized spacial score (nSPS) is 13.3. The summed E-state index contributed by atoms with van der Waals surface area (Å²) in [5, 5.41) is 9.45. The summed E-state index contributed by atoms with van der Waals surface area (Å²) < 4.78 is 2.06. The lowest BCUT2D eigenvalue weighted by Gasteiger charge is -2.22. The van der Waals surface area contributed by atoms with E-state index in [1.165, 1.54) is 0 Å². The summed E-state index contributed by atoms with van der Waals surface area (Å²) in [6, 6.07) is 5.57. The van der Waals surface area contributed by atoms with Gasteiger partial charge in [0.1, 0.15) is 5.82 Å². The van der Waals surface area contributed by atoms with Crippen LogP contribution in [0.5, 0.6) is 0 Å². The summed E-state index contributed by atoms with van der Waals surface area (Å²) in [6.07, 6.45) is 0. The third-order valence-corrected chi connectivity index (χ3v) is 3.87. The van der Waals surface area contributed by atoms with Gasteiger partial charge in [-0.3, -0.25) is 0 Å². The summed E-state index contributed by atoms with van der Waals surface area (Å²) in [5.74, 6) is 0.273. The molecule has 21 heavy (non-hydrogen) atoms. The number of rotatable bonds is 5. The SMILES string of the molecule is CC(C)c1nc2cccc(C(=O)O)c2n1CC(C)N(C)C. The standard InChI is InChI=1S/C16H23N3O2/c1-10(2)15-17-13-8-6-7-12(16(20)21)14(13)19(15)9-11(3)18(4)5/h6-8,10-11H,9H2,1-5H3,(H,20,21). The number of benzene rings is 1. The Morgan fingerprint density at radius 3 is 2.52 bits per heavy atom. The first-order valence-corrected chi connectivity index (χ1v) is 7.21. The summed E-state index contributed by atoms with van der Waals surface area (Å²) in [4.78, 5) is 18.3. The lowest BCUT2D eigenvalue weighted by atomic mass is 10.1. The Bertz CT molecular complexity index is 659. The van der Waals surface area contributed by atoms with Crippen molar-refractivity contribution in [1.82, 2.24) is 14.5 Å². The van der Waals surface area contributed by atoms with E-state index in [4.69, 9.17) is 0 Å². The van der Waals surface area contributed by atoms with E-state index in [2.05, 4.69) is 35.2 Å². The van der Waals surface area contributed by atoms with E-state index < -0.39 is 5.97 Å². The fourth-order valence-corrected chi connectivity index (χ4v) is 2.43. The van der Waals surface area contributed by atoms with Gasteiger partial charge in [-0.15, -0.1) is 0 Å². The van der Waals surface area contributed by atoms with Gasteiger partial charge in [0.15, 0.2) is 0 Å². The zero-order valence-corrected chi connectivity index (χ0v) is 13.3. The average molecular weight is 289 g/mol. The molecule has 2 rings (SSSR count). The first-order valence-electron chi connectivity index (χ1n) is 7.21. The molecule has 0 aliphatic heterocycles. The van der Waals surface area contributed by atoms with Crippen LogP contribution in [0.3, 0.4) is 0 Å². The molecule has 0 saturated heterocycles. The first kappa shape index (κ1) is 15.5. The minimum Gasteiger partial charge on any atom is -0.478 e. The molecular weight excluding hydrogens is 266 g/mol. The average Bonchev–Trinajstić information content (AvgIpc) is 2.77. The summed E-state index contributed by atoms with van der Waals surface area (Å²) in [7, 11) is 4.05. The molecule has 0 saturated carbocycles. The lowest BCUT2D eigenvalue weighted by Crippen LogP contribution is -2.30. The number of para-hydroxylation sites is 1. The highest BCUT2D eigenvalue weighted by Crippen LogP contribution is 2.25. The number of hydrogen-bond acceptors (Lipinski definition) is 3. The largest absolute Gasteiger partial charge is 0.478 e. The molecule has 1 N–H and O–H groups in total. The second-order valence-corrected chi connectivity index (χ2v) is 6.03. The molecule has 1 aromatic heterocycles. The molecule has 1 aromatic carbocycles. The van der Waals surface area contributed by atoms with Gasteiger partial charge in [-0.05, 0) is 33.2 Å². The predicted octanol–water partition coefficient (Wildman–Crippen LogP) is 2.81. The number of nitrogens with zero attached hydrogens (tertiary/aromatic N) is 3. The van der Waals surface area contributed by atoms with Crippen LogP contribution in [0.2, 0.25) is 0 Å².